The Bertz CT molecular complexity index is 688. The second kappa shape index (κ2) is 9.11. The molecular weight excluding hydrogens is 354 g/mol. The van der Waals surface area contributed by atoms with Gasteiger partial charge in [-0.15, -0.1) is 0 Å². The van der Waals surface area contributed by atoms with Crippen LogP contribution in [0.5, 0.6) is 17.2 Å². The number of rotatable bonds is 7. The highest BCUT2D eigenvalue weighted by Gasteiger charge is 2.26. The van der Waals surface area contributed by atoms with Crippen LogP contribution in [0.25, 0.3) is 0 Å². The SMILES string of the molecule is COc1cc(C(=O)NCC(=O)N2CCC(C(N)=O)CC2)cc(OC)c1OC. The maximum atomic E-state index is 12.4. The van der Waals surface area contributed by atoms with Gasteiger partial charge in [-0.25, -0.2) is 0 Å². The third-order valence-electron chi connectivity index (χ3n) is 4.58. The molecule has 3 amide bonds. The first-order valence-electron chi connectivity index (χ1n) is 8.56. The highest BCUT2D eigenvalue weighted by atomic mass is 16.5. The number of hydrogen-bond donors (Lipinski definition) is 2. The van der Waals surface area contributed by atoms with Crippen LogP contribution in [0.4, 0.5) is 0 Å². The fourth-order valence-corrected chi connectivity index (χ4v) is 3.00. The molecule has 0 radical (unpaired) electrons. The van der Waals surface area contributed by atoms with Crippen molar-refractivity contribution in [2.75, 3.05) is 41.0 Å². The van der Waals surface area contributed by atoms with E-state index >= 15 is 0 Å². The number of methoxy groups -OCH3 is 3. The van der Waals surface area contributed by atoms with Gasteiger partial charge in [-0.1, -0.05) is 0 Å². The van der Waals surface area contributed by atoms with Gasteiger partial charge in [0.2, 0.25) is 17.6 Å². The van der Waals surface area contributed by atoms with E-state index in [-0.39, 0.29) is 29.8 Å². The van der Waals surface area contributed by atoms with Crippen LogP contribution >= 0.6 is 0 Å². The standard InChI is InChI=1S/C18H25N3O6/c1-25-13-8-12(9-14(26-2)16(13)27-3)18(24)20-10-15(22)21-6-4-11(5-7-21)17(19)23/h8-9,11H,4-7,10H2,1-3H3,(H2,19,23)(H,20,24). The predicted octanol–water partition coefficient (Wildman–Crippen LogP) is 0.166. The lowest BCUT2D eigenvalue weighted by atomic mass is 9.96. The van der Waals surface area contributed by atoms with Gasteiger partial charge in [-0.3, -0.25) is 14.4 Å². The summed E-state index contributed by atoms with van der Waals surface area (Å²) in [5.74, 6) is -0.0948. The molecule has 0 spiro atoms. The van der Waals surface area contributed by atoms with Gasteiger partial charge in [0.15, 0.2) is 11.5 Å². The summed E-state index contributed by atoms with van der Waals surface area (Å²) in [5, 5.41) is 2.60. The Morgan fingerprint density at radius 3 is 2.07 bits per heavy atom. The van der Waals surface area contributed by atoms with Crippen molar-refractivity contribution < 1.29 is 28.6 Å². The number of carbonyl (C=O) groups excluding carboxylic acids is 3. The summed E-state index contributed by atoms with van der Waals surface area (Å²) in [6.45, 7) is 0.760. The van der Waals surface area contributed by atoms with E-state index in [9.17, 15) is 14.4 Å². The van der Waals surface area contributed by atoms with Crippen molar-refractivity contribution in [1.82, 2.24) is 10.2 Å². The minimum Gasteiger partial charge on any atom is -0.493 e. The van der Waals surface area contributed by atoms with Gasteiger partial charge in [-0.05, 0) is 25.0 Å². The third kappa shape index (κ3) is 4.81. The van der Waals surface area contributed by atoms with Crippen LogP contribution in [0.1, 0.15) is 23.2 Å². The lowest BCUT2D eigenvalue weighted by Crippen LogP contribution is -2.45. The molecule has 9 heteroatoms. The number of hydrogen-bond acceptors (Lipinski definition) is 6. The zero-order chi connectivity index (χ0) is 20.0. The highest BCUT2D eigenvalue weighted by molar-refractivity contribution is 5.97. The van der Waals surface area contributed by atoms with Gasteiger partial charge < -0.3 is 30.2 Å². The summed E-state index contributed by atoms with van der Waals surface area (Å²) >= 11 is 0. The number of likely N-dealkylation sites (tertiary alicyclic amines) is 1. The van der Waals surface area contributed by atoms with Gasteiger partial charge >= 0.3 is 0 Å². The summed E-state index contributed by atoms with van der Waals surface area (Å²) in [5.41, 5.74) is 5.57. The number of benzene rings is 1. The number of nitrogens with one attached hydrogen (secondary N) is 1. The molecule has 1 aliphatic heterocycles. The summed E-state index contributed by atoms with van der Waals surface area (Å²) < 4.78 is 15.7. The maximum Gasteiger partial charge on any atom is 0.251 e. The number of nitrogens with two attached hydrogens (primary N) is 1. The van der Waals surface area contributed by atoms with Crippen molar-refractivity contribution in [2.45, 2.75) is 12.8 Å². The molecule has 1 saturated heterocycles. The second-order valence-electron chi connectivity index (χ2n) is 6.15. The molecule has 1 fully saturated rings. The minimum atomic E-state index is -0.436. The molecule has 0 bridgehead atoms. The fourth-order valence-electron chi connectivity index (χ4n) is 3.00. The van der Waals surface area contributed by atoms with Gasteiger partial charge in [0.1, 0.15) is 0 Å². The van der Waals surface area contributed by atoms with Crippen molar-refractivity contribution in [2.24, 2.45) is 11.7 Å². The zero-order valence-electron chi connectivity index (χ0n) is 15.7. The summed E-state index contributed by atoms with van der Waals surface area (Å²) in [7, 11) is 4.39. The smallest absolute Gasteiger partial charge is 0.251 e. The largest absolute Gasteiger partial charge is 0.493 e. The number of nitrogens with zero attached hydrogens (tertiary/aromatic N) is 1. The second-order valence-corrected chi connectivity index (χ2v) is 6.15. The number of ether oxygens (including phenoxy) is 3. The Balaban J connectivity index is 1.97. The first-order chi connectivity index (χ1) is 12.9. The van der Waals surface area contributed by atoms with Gasteiger partial charge in [-0.2, -0.15) is 0 Å². The topological polar surface area (TPSA) is 120 Å². The Kier molecular flexibility index (Phi) is 6.86. The van der Waals surface area contributed by atoms with Gasteiger partial charge in [0, 0.05) is 24.6 Å². The first kappa shape index (κ1) is 20.3. The van der Waals surface area contributed by atoms with Crippen molar-refractivity contribution in [1.29, 1.82) is 0 Å². The van der Waals surface area contributed by atoms with Crippen LogP contribution in [0.15, 0.2) is 12.1 Å². The molecule has 1 aliphatic rings. The lowest BCUT2D eigenvalue weighted by molar-refractivity contribution is -0.133. The minimum absolute atomic E-state index is 0.142. The lowest BCUT2D eigenvalue weighted by Gasteiger charge is -2.30. The van der Waals surface area contributed by atoms with E-state index in [1.165, 1.54) is 33.5 Å². The summed E-state index contributed by atoms with van der Waals surface area (Å²) in [6.07, 6.45) is 1.09. The Morgan fingerprint density at radius 2 is 1.63 bits per heavy atom. The Morgan fingerprint density at radius 1 is 1.07 bits per heavy atom. The van der Waals surface area contributed by atoms with Crippen LogP contribution in [0, 0.1) is 5.92 Å². The number of primary amides is 1. The average Bonchev–Trinajstić information content (AvgIpc) is 2.70. The first-order valence-corrected chi connectivity index (χ1v) is 8.56. The predicted molar refractivity (Wildman–Crippen MR) is 96.9 cm³/mol. The Labute approximate surface area is 157 Å². The molecule has 1 aromatic carbocycles. The quantitative estimate of drug-likeness (QED) is 0.697. The molecule has 0 aromatic heterocycles. The zero-order valence-corrected chi connectivity index (χ0v) is 15.7. The molecule has 1 heterocycles. The number of piperidine rings is 1. The van der Waals surface area contributed by atoms with Gasteiger partial charge in [0.05, 0.1) is 27.9 Å². The molecule has 0 saturated carbocycles. The van der Waals surface area contributed by atoms with E-state index in [0.717, 1.165) is 0 Å². The van der Waals surface area contributed by atoms with E-state index in [1.807, 2.05) is 0 Å². The number of carbonyl (C=O) groups is 3. The molecule has 0 atom stereocenters. The molecule has 0 unspecified atom stereocenters. The van der Waals surface area contributed by atoms with E-state index in [2.05, 4.69) is 5.32 Å². The molecule has 1 aromatic rings. The molecular formula is C18H25N3O6. The van der Waals surface area contributed by atoms with E-state index in [4.69, 9.17) is 19.9 Å². The van der Waals surface area contributed by atoms with Crippen molar-refractivity contribution in [3.05, 3.63) is 17.7 Å². The summed E-state index contributed by atoms with van der Waals surface area (Å²) in [4.78, 5) is 37.5. The van der Waals surface area contributed by atoms with E-state index < -0.39 is 5.91 Å². The fraction of sp³-hybridized carbons (Fsp3) is 0.500. The number of amides is 3. The van der Waals surface area contributed by atoms with Gasteiger partial charge in [0.25, 0.3) is 5.91 Å². The molecule has 148 valence electrons. The van der Waals surface area contributed by atoms with E-state index in [1.54, 1.807) is 4.90 Å². The third-order valence-corrected chi connectivity index (χ3v) is 4.58. The van der Waals surface area contributed by atoms with Crippen LogP contribution in [0.3, 0.4) is 0 Å². The highest BCUT2D eigenvalue weighted by Crippen LogP contribution is 2.38. The maximum absolute atomic E-state index is 12.4. The molecule has 0 aliphatic carbocycles. The molecule has 2 rings (SSSR count). The van der Waals surface area contributed by atoms with Crippen molar-refractivity contribution in [3.8, 4) is 17.2 Å². The van der Waals surface area contributed by atoms with Crippen LogP contribution in [-0.2, 0) is 9.59 Å². The average molecular weight is 379 g/mol. The normalized spacial score (nSPS) is 14.4. The van der Waals surface area contributed by atoms with Crippen molar-refractivity contribution in [3.63, 3.8) is 0 Å². The molecule has 3 N–H and O–H groups in total. The van der Waals surface area contributed by atoms with E-state index in [0.29, 0.717) is 43.2 Å². The van der Waals surface area contributed by atoms with Crippen LogP contribution in [0.2, 0.25) is 0 Å². The molecule has 27 heavy (non-hydrogen) atoms. The monoisotopic (exact) mass is 379 g/mol. The van der Waals surface area contributed by atoms with Crippen molar-refractivity contribution >= 4 is 17.7 Å². The van der Waals surface area contributed by atoms with Crippen LogP contribution < -0.4 is 25.3 Å². The molecule has 9 nitrogen and oxygen atoms in total. The summed E-state index contributed by atoms with van der Waals surface area (Å²) in [6, 6.07) is 3.03. The van der Waals surface area contributed by atoms with Crippen LogP contribution in [-0.4, -0.2) is 63.6 Å². The Hall–Kier alpha value is -2.97.